The summed E-state index contributed by atoms with van der Waals surface area (Å²) in [5.74, 6) is 0.767. The van der Waals surface area contributed by atoms with Crippen LogP contribution in [0.4, 0.5) is 0 Å². The minimum atomic E-state index is -0.709. The van der Waals surface area contributed by atoms with Crippen LogP contribution in [0.5, 0.6) is 5.75 Å². The second-order valence-electron chi connectivity index (χ2n) is 4.47. The van der Waals surface area contributed by atoms with Crippen LogP contribution in [0.15, 0.2) is 30.5 Å². The molecule has 2 aromatic heterocycles. The second-order valence-corrected chi connectivity index (χ2v) is 4.47. The molecule has 3 aromatic rings. The lowest BCUT2D eigenvalue weighted by molar-refractivity contribution is 0.195. The predicted octanol–water partition coefficient (Wildman–Crippen LogP) is 2.08. The lowest BCUT2D eigenvalue weighted by Gasteiger charge is -2.10. The van der Waals surface area contributed by atoms with Gasteiger partial charge in [0, 0.05) is 5.56 Å². The zero-order valence-electron chi connectivity index (χ0n) is 11.2. The van der Waals surface area contributed by atoms with E-state index in [1.807, 2.05) is 24.3 Å². The van der Waals surface area contributed by atoms with Gasteiger partial charge in [0.15, 0.2) is 5.65 Å². The molecule has 0 aliphatic heterocycles. The highest BCUT2D eigenvalue weighted by atomic mass is 16.5. The van der Waals surface area contributed by atoms with Crippen molar-refractivity contribution < 1.29 is 9.84 Å². The van der Waals surface area contributed by atoms with Gasteiger partial charge in [0.1, 0.15) is 11.3 Å². The molecular formula is C14H14N4O2. The van der Waals surface area contributed by atoms with Crippen LogP contribution in [0, 0.1) is 0 Å². The van der Waals surface area contributed by atoms with Gasteiger partial charge in [-0.05, 0) is 31.2 Å². The van der Waals surface area contributed by atoms with E-state index < -0.39 is 6.10 Å². The van der Waals surface area contributed by atoms with Gasteiger partial charge in [0.25, 0.3) is 0 Å². The molecule has 0 aliphatic rings. The van der Waals surface area contributed by atoms with Crippen molar-refractivity contribution in [3.05, 3.63) is 36.2 Å². The molecule has 0 bridgehead atoms. The van der Waals surface area contributed by atoms with Gasteiger partial charge in [0.05, 0.1) is 30.8 Å². The number of hydrogen-bond acceptors (Lipinski definition) is 5. The van der Waals surface area contributed by atoms with E-state index in [-0.39, 0.29) is 0 Å². The van der Waals surface area contributed by atoms with Gasteiger partial charge in [-0.15, -0.1) is 0 Å². The first-order valence-corrected chi connectivity index (χ1v) is 6.22. The van der Waals surface area contributed by atoms with Crippen LogP contribution in [0.3, 0.4) is 0 Å². The minimum Gasteiger partial charge on any atom is -0.497 e. The molecule has 102 valence electrons. The van der Waals surface area contributed by atoms with Crippen molar-refractivity contribution in [2.45, 2.75) is 13.0 Å². The number of rotatable bonds is 3. The standard InChI is InChI=1S/C14H14N4O2/c1-8(19)12-13(9-3-5-10(20-2)6-4-9)17-14-11(16-12)7-15-18-14/h3-8,19H,1-2H3,(H,15,17,18). The minimum absolute atomic E-state index is 0.532. The molecule has 0 saturated heterocycles. The SMILES string of the molecule is COc1ccc(-c2nc3[nH]ncc3nc2C(C)O)cc1. The fourth-order valence-corrected chi connectivity index (χ4v) is 2.04. The summed E-state index contributed by atoms with van der Waals surface area (Å²) in [6, 6.07) is 7.47. The molecule has 0 amide bonds. The third-order valence-electron chi connectivity index (χ3n) is 3.07. The maximum absolute atomic E-state index is 9.91. The zero-order chi connectivity index (χ0) is 14.1. The third-order valence-corrected chi connectivity index (χ3v) is 3.07. The van der Waals surface area contributed by atoms with Crippen LogP contribution < -0.4 is 4.74 Å². The van der Waals surface area contributed by atoms with E-state index in [1.54, 1.807) is 20.2 Å². The van der Waals surface area contributed by atoms with E-state index in [2.05, 4.69) is 20.2 Å². The summed E-state index contributed by atoms with van der Waals surface area (Å²) in [6.45, 7) is 1.67. The molecule has 0 aliphatic carbocycles. The Morgan fingerprint density at radius 3 is 2.60 bits per heavy atom. The molecule has 0 saturated carbocycles. The lowest BCUT2D eigenvalue weighted by atomic mass is 10.1. The molecule has 0 spiro atoms. The number of aromatic nitrogens is 4. The summed E-state index contributed by atoms with van der Waals surface area (Å²) in [5, 5.41) is 16.6. The number of benzene rings is 1. The van der Waals surface area contributed by atoms with Gasteiger partial charge in [-0.3, -0.25) is 5.10 Å². The summed E-state index contributed by atoms with van der Waals surface area (Å²) >= 11 is 0. The number of ether oxygens (including phenoxy) is 1. The van der Waals surface area contributed by atoms with E-state index in [9.17, 15) is 5.11 Å². The smallest absolute Gasteiger partial charge is 0.174 e. The molecule has 0 radical (unpaired) electrons. The molecular weight excluding hydrogens is 256 g/mol. The largest absolute Gasteiger partial charge is 0.497 e. The molecule has 2 heterocycles. The first-order valence-electron chi connectivity index (χ1n) is 6.22. The van der Waals surface area contributed by atoms with Crippen molar-refractivity contribution >= 4 is 11.2 Å². The summed E-state index contributed by atoms with van der Waals surface area (Å²) in [5.41, 5.74) is 3.27. The van der Waals surface area contributed by atoms with E-state index >= 15 is 0 Å². The number of hydrogen-bond donors (Lipinski definition) is 2. The average molecular weight is 270 g/mol. The van der Waals surface area contributed by atoms with Crippen molar-refractivity contribution in [2.75, 3.05) is 7.11 Å². The Hall–Kier alpha value is -2.47. The Morgan fingerprint density at radius 1 is 1.20 bits per heavy atom. The maximum atomic E-state index is 9.91. The Kier molecular flexibility index (Phi) is 3.08. The van der Waals surface area contributed by atoms with Gasteiger partial charge in [-0.2, -0.15) is 5.10 Å². The normalized spacial score (nSPS) is 12.6. The molecule has 1 aromatic carbocycles. The summed E-state index contributed by atoms with van der Waals surface area (Å²) in [6.07, 6.45) is 0.880. The van der Waals surface area contributed by atoms with Crippen molar-refractivity contribution in [1.82, 2.24) is 20.2 Å². The highest BCUT2D eigenvalue weighted by molar-refractivity contribution is 5.75. The summed E-state index contributed by atoms with van der Waals surface area (Å²) in [7, 11) is 1.62. The van der Waals surface area contributed by atoms with Gasteiger partial charge in [0.2, 0.25) is 0 Å². The zero-order valence-corrected chi connectivity index (χ0v) is 11.2. The Morgan fingerprint density at radius 2 is 1.95 bits per heavy atom. The maximum Gasteiger partial charge on any atom is 0.174 e. The molecule has 20 heavy (non-hydrogen) atoms. The van der Waals surface area contributed by atoms with Crippen molar-refractivity contribution in [1.29, 1.82) is 0 Å². The number of nitrogens with one attached hydrogen (secondary N) is 1. The van der Waals surface area contributed by atoms with E-state index in [0.717, 1.165) is 11.3 Å². The van der Waals surface area contributed by atoms with Crippen LogP contribution in [0.2, 0.25) is 0 Å². The van der Waals surface area contributed by atoms with E-state index in [1.165, 1.54) is 0 Å². The number of aliphatic hydroxyl groups excluding tert-OH is 1. The number of methoxy groups -OCH3 is 1. The van der Waals surface area contributed by atoms with Gasteiger partial charge in [-0.25, -0.2) is 9.97 Å². The molecule has 6 nitrogen and oxygen atoms in total. The fourth-order valence-electron chi connectivity index (χ4n) is 2.04. The Bertz CT molecular complexity index is 735. The molecule has 2 N–H and O–H groups in total. The summed E-state index contributed by atoms with van der Waals surface area (Å²) in [4.78, 5) is 8.92. The van der Waals surface area contributed by atoms with Crippen LogP contribution in [0.1, 0.15) is 18.7 Å². The van der Waals surface area contributed by atoms with Crippen LogP contribution in [-0.2, 0) is 0 Å². The summed E-state index contributed by atoms with van der Waals surface area (Å²) < 4.78 is 5.14. The highest BCUT2D eigenvalue weighted by Gasteiger charge is 2.15. The van der Waals surface area contributed by atoms with Crippen LogP contribution in [-0.4, -0.2) is 32.4 Å². The quantitative estimate of drug-likeness (QED) is 0.761. The Labute approximate surface area is 115 Å². The first kappa shape index (κ1) is 12.6. The van der Waals surface area contributed by atoms with Crippen molar-refractivity contribution in [2.24, 2.45) is 0 Å². The van der Waals surface area contributed by atoms with Gasteiger partial charge < -0.3 is 9.84 Å². The number of H-pyrrole nitrogens is 1. The van der Waals surface area contributed by atoms with Crippen LogP contribution in [0.25, 0.3) is 22.4 Å². The first-order chi connectivity index (χ1) is 9.69. The van der Waals surface area contributed by atoms with Crippen molar-refractivity contribution in [3.8, 4) is 17.0 Å². The van der Waals surface area contributed by atoms with E-state index in [4.69, 9.17) is 4.74 Å². The average Bonchev–Trinajstić information content (AvgIpc) is 2.93. The number of aromatic amines is 1. The van der Waals surface area contributed by atoms with Gasteiger partial charge >= 0.3 is 0 Å². The molecule has 1 unspecified atom stereocenters. The highest BCUT2D eigenvalue weighted by Crippen LogP contribution is 2.28. The lowest BCUT2D eigenvalue weighted by Crippen LogP contribution is -2.02. The molecule has 1 atom stereocenters. The number of nitrogens with zero attached hydrogens (tertiary/aromatic N) is 3. The second kappa shape index (κ2) is 4.90. The number of fused-ring (bicyclic) bond motifs is 1. The van der Waals surface area contributed by atoms with Crippen LogP contribution >= 0.6 is 0 Å². The van der Waals surface area contributed by atoms with Gasteiger partial charge in [-0.1, -0.05) is 0 Å². The monoisotopic (exact) mass is 270 g/mol. The van der Waals surface area contributed by atoms with E-state index in [0.29, 0.717) is 22.6 Å². The molecule has 6 heteroatoms. The Balaban J connectivity index is 2.18. The van der Waals surface area contributed by atoms with Crippen molar-refractivity contribution in [3.63, 3.8) is 0 Å². The fraction of sp³-hybridized carbons (Fsp3) is 0.214. The number of aliphatic hydroxyl groups is 1. The molecule has 0 fully saturated rings. The molecule has 3 rings (SSSR count). The topological polar surface area (TPSA) is 83.9 Å². The predicted molar refractivity (Wildman–Crippen MR) is 74.3 cm³/mol. The third kappa shape index (κ3) is 2.10.